The molecular weight excluding hydrogens is 394 g/mol. The quantitative estimate of drug-likeness (QED) is 0.550. The molecule has 6 heteroatoms. The van der Waals surface area contributed by atoms with Crippen molar-refractivity contribution in [2.75, 3.05) is 4.31 Å². The third-order valence-electron chi connectivity index (χ3n) is 4.06. The average Bonchev–Trinajstić information content (AvgIpc) is 2.69. The fourth-order valence-electron chi connectivity index (χ4n) is 2.60. The van der Waals surface area contributed by atoms with Gasteiger partial charge in [-0.2, -0.15) is 4.31 Å². The molecule has 0 spiro atoms. The molecule has 0 saturated heterocycles. The molecule has 0 aromatic heterocycles. The number of carbonyl (C=O) groups excluding carboxylic acids is 1. The number of amides is 1. The standard InChI is InChI=1S/C22H18ClNO3S/c1-17-11-14-19(15-12-17)24(28(26,27)20-8-3-2-4-9-20)22(25)16-13-18-7-5-6-10-21(18)23/h2-16H,1H3/b16-13+. The largest absolute Gasteiger partial charge is 0.271 e. The lowest BCUT2D eigenvalue weighted by molar-refractivity contribution is -0.113. The summed E-state index contributed by atoms with van der Waals surface area (Å²) < 4.78 is 27.2. The van der Waals surface area contributed by atoms with Crippen LogP contribution in [0.25, 0.3) is 6.08 Å². The van der Waals surface area contributed by atoms with E-state index in [9.17, 15) is 13.2 Å². The number of sulfonamides is 1. The second-order valence-electron chi connectivity index (χ2n) is 6.11. The van der Waals surface area contributed by atoms with E-state index < -0.39 is 15.9 Å². The van der Waals surface area contributed by atoms with Gasteiger partial charge in [0.15, 0.2) is 0 Å². The van der Waals surface area contributed by atoms with Crippen molar-refractivity contribution in [2.45, 2.75) is 11.8 Å². The van der Waals surface area contributed by atoms with E-state index in [4.69, 9.17) is 11.6 Å². The van der Waals surface area contributed by atoms with E-state index in [1.807, 2.05) is 6.92 Å². The van der Waals surface area contributed by atoms with Gasteiger partial charge in [0.25, 0.3) is 15.9 Å². The number of halogens is 1. The van der Waals surface area contributed by atoms with Gasteiger partial charge in [-0.05, 0) is 48.9 Å². The number of rotatable bonds is 5. The zero-order valence-corrected chi connectivity index (χ0v) is 16.7. The SMILES string of the molecule is Cc1ccc(N(C(=O)/C=C/c2ccccc2Cl)S(=O)(=O)c2ccccc2)cc1. The van der Waals surface area contributed by atoms with Gasteiger partial charge in [-0.1, -0.05) is 65.7 Å². The number of carbonyl (C=O) groups is 1. The van der Waals surface area contributed by atoms with Gasteiger partial charge >= 0.3 is 0 Å². The monoisotopic (exact) mass is 411 g/mol. The van der Waals surface area contributed by atoms with Crippen LogP contribution in [0, 0.1) is 6.92 Å². The summed E-state index contributed by atoms with van der Waals surface area (Å²) in [4.78, 5) is 13.0. The number of aryl methyl sites for hydroxylation is 1. The zero-order valence-electron chi connectivity index (χ0n) is 15.1. The van der Waals surface area contributed by atoms with Crippen molar-refractivity contribution in [1.82, 2.24) is 0 Å². The Morgan fingerprint density at radius 1 is 0.893 bits per heavy atom. The topological polar surface area (TPSA) is 54.5 Å². The molecule has 0 radical (unpaired) electrons. The van der Waals surface area contributed by atoms with Crippen LogP contribution >= 0.6 is 11.6 Å². The molecule has 3 aromatic rings. The molecule has 4 nitrogen and oxygen atoms in total. The van der Waals surface area contributed by atoms with E-state index >= 15 is 0 Å². The molecule has 3 rings (SSSR count). The third-order valence-corrected chi connectivity index (χ3v) is 6.14. The fourth-order valence-corrected chi connectivity index (χ4v) is 4.21. The highest BCUT2D eigenvalue weighted by atomic mass is 35.5. The number of benzene rings is 3. The van der Waals surface area contributed by atoms with Crippen LogP contribution in [0.3, 0.4) is 0 Å². The van der Waals surface area contributed by atoms with Crippen LogP contribution in [0.4, 0.5) is 5.69 Å². The molecule has 0 fully saturated rings. The lowest BCUT2D eigenvalue weighted by Crippen LogP contribution is -2.35. The molecule has 3 aromatic carbocycles. The van der Waals surface area contributed by atoms with Crippen LogP contribution in [0.5, 0.6) is 0 Å². The molecule has 0 N–H and O–H groups in total. The molecule has 0 aliphatic rings. The summed E-state index contributed by atoms with van der Waals surface area (Å²) in [6.07, 6.45) is 2.72. The first-order valence-corrected chi connectivity index (χ1v) is 10.3. The Morgan fingerprint density at radius 2 is 1.50 bits per heavy atom. The van der Waals surface area contributed by atoms with Gasteiger partial charge in [0.2, 0.25) is 0 Å². The van der Waals surface area contributed by atoms with Gasteiger partial charge in [-0.25, -0.2) is 8.42 Å². The van der Waals surface area contributed by atoms with Gasteiger partial charge < -0.3 is 0 Å². The van der Waals surface area contributed by atoms with Crippen LogP contribution in [0.15, 0.2) is 89.8 Å². The maximum atomic E-state index is 13.2. The predicted molar refractivity (Wildman–Crippen MR) is 113 cm³/mol. The Kier molecular flexibility index (Phi) is 5.97. The van der Waals surface area contributed by atoms with Crippen molar-refractivity contribution in [3.8, 4) is 0 Å². The highest BCUT2D eigenvalue weighted by Gasteiger charge is 2.29. The third kappa shape index (κ3) is 4.32. The van der Waals surface area contributed by atoms with Crippen molar-refractivity contribution >= 4 is 39.3 Å². The minimum absolute atomic E-state index is 0.0371. The lowest BCUT2D eigenvalue weighted by atomic mass is 10.2. The molecule has 0 atom stereocenters. The molecule has 0 bridgehead atoms. The van der Waals surface area contributed by atoms with Gasteiger partial charge in [0.05, 0.1) is 10.6 Å². The molecule has 0 heterocycles. The van der Waals surface area contributed by atoms with Gasteiger partial charge in [0.1, 0.15) is 0 Å². The van der Waals surface area contributed by atoms with Crippen molar-refractivity contribution in [3.63, 3.8) is 0 Å². The Morgan fingerprint density at radius 3 is 2.14 bits per heavy atom. The molecule has 0 aliphatic heterocycles. The van der Waals surface area contributed by atoms with Gasteiger partial charge in [-0.3, -0.25) is 4.79 Å². The Hall–Kier alpha value is -2.89. The minimum Gasteiger partial charge on any atom is -0.268 e. The molecular formula is C22H18ClNO3S. The average molecular weight is 412 g/mol. The second-order valence-corrected chi connectivity index (χ2v) is 8.31. The van der Waals surface area contributed by atoms with E-state index in [0.717, 1.165) is 9.87 Å². The second kappa shape index (κ2) is 8.42. The summed E-state index contributed by atoms with van der Waals surface area (Å²) in [6.45, 7) is 1.89. The smallest absolute Gasteiger partial charge is 0.268 e. The van der Waals surface area contributed by atoms with Crippen molar-refractivity contribution in [1.29, 1.82) is 0 Å². The first-order valence-electron chi connectivity index (χ1n) is 8.53. The van der Waals surface area contributed by atoms with Crippen LogP contribution in [0.2, 0.25) is 5.02 Å². The van der Waals surface area contributed by atoms with Crippen LogP contribution < -0.4 is 4.31 Å². The minimum atomic E-state index is -4.08. The molecule has 0 saturated carbocycles. The summed E-state index contributed by atoms with van der Waals surface area (Å²) >= 11 is 6.11. The van der Waals surface area contributed by atoms with E-state index in [2.05, 4.69) is 0 Å². The highest BCUT2D eigenvalue weighted by molar-refractivity contribution is 7.93. The fraction of sp³-hybridized carbons (Fsp3) is 0.0455. The maximum Gasteiger partial charge on any atom is 0.271 e. The molecule has 142 valence electrons. The number of anilines is 1. The van der Waals surface area contributed by atoms with Crippen molar-refractivity contribution in [3.05, 3.63) is 101 Å². The number of hydrogen-bond donors (Lipinski definition) is 0. The van der Waals surface area contributed by atoms with Crippen LogP contribution in [-0.2, 0) is 14.8 Å². The van der Waals surface area contributed by atoms with Gasteiger partial charge in [-0.15, -0.1) is 0 Å². The molecule has 1 amide bonds. The van der Waals surface area contributed by atoms with Crippen LogP contribution in [0.1, 0.15) is 11.1 Å². The molecule has 0 aliphatic carbocycles. The lowest BCUT2D eigenvalue weighted by Gasteiger charge is -2.21. The van der Waals surface area contributed by atoms with Crippen molar-refractivity contribution in [2.24, 2.45) is 0 Å². The van der Waals surface area contributed by atoms with Crippen LogP contribution in [-0.4, -0.2) is 14.3 Å². The summed E-state index contributed by atoms with van der Waals surface area (Å²) in [5.41, 5.74) is 1.85. The summed E-state index contributed by atoms with van der Waals surface area (Å²) in [7, 11) is -4.08. The normalized spacial score (nSPS) is 11.5. The van der Waals surface area contributed by atoms with E-state index in [0.29, 0.717) is 10.6 Å². The Labute approximate surface area is 169 Å². The van der Waals surface area contributed by atoms with E-state index in [-0.39, 0.29) is 10.6 Å². The number of hydrogen-bond acceptors (Lipinski definition) is 3. The Bertz CT molecular complexity index is 1110. The summed E-state index contributed by atoms with van der Waals surface area (Å²) in [5, 5.41) is 0.472. The summed E-state index contributed by atoms with van der Waals surface area (Å²) in [6, 6.07) is 21.6. The molecule has 28 heavy (non-hydrogen) atoms. The predicted octanol–water partition coefficient (Wildman–Crippen LogP) is 5.08. The van der Waals surface area contributed by atoms with Gasteiger partial charge in [0, 0.05) is 11.1 Å². The molecule has 0 unspecified atom stereocenters. The van der Waals surface area contributed by atoms with E-state index in [1.54, 1.807) is 66.7 Å². The highest BCUT2D eigenvalue weighted by Crippen LogP contribution is 2.25. The first-order chi connectivity index (χ1) is 13.4. The summed E-state index contributed by atoms with van der Waals surface area (Å²) in [5.74, 6) is -0.687. The van der Waals surface area contributed by atoms with Crippen molar-refractivity contribution < 1.29 is 13.2 Å². The number of nitrogens with zero attached hydrogens (tertiary/aromatic N) is 1. The zero-order chi connectivity index (χ0) is 20.1. The first kappa shape index (κ1) is 19.9. The Balaban J connectivity index is 2.05. The van der Waals surface area contributed by atoms with E-state index in [1.165, 1.54) is 24.3 Å². The maximum absolute atomic E-state index is 13.2.